The number of hydrogen-bond acceptors (Lipinski definition) is 5. The Morgan fingerprint density at radius 1 is 1.23 bits per heavy atom. The monoisotopic (exact) mass is 363 g/mol. The van der Waals surface area contributed by atoms with Crippen LogP contribution in [0.4, 0.5) is 4.79 Å². The number of nitrogens with zero attached hydrogens (tertiary/aromatic N) is 1. The maximum absolute atomic E-state index is 12.0. The van der Waals surface area contributed by atoms with E-state index in [4.69, 9.17) is 4.74 Å². The Morgan fingerprint density at radius 2 is 1.92 bits per heavy atom. The van der Waals surface area contributed by atoms with E-state index in [9.17, 15) is 19.2 Å². The van der Waals surface area contributed by atoms with Crippen molar-refractivity contribution in [2.45, 2.75) is 45.6 Å². The summed E-state index contributed by atoms with van der Waals surface area (Å²) in [5, 5.41) is 4.96. The zero-order valence-corrected chi connectivity index (χ0v) is 15.3. The van der Waals surface area contributed by atoms with Crippen LogP contribution < -0.4 is 10.6 Å². The molecular weight excluding hydrogens is 338 g/mol. The third-order valence-electron chi connectivity index (χ3n) is 4.64. The molecule has 26 heavy (non-hydrogen) atoms. The van der Waals surface area contributed by atoms with Gasteiger partial charge in [0.15, 0.2) is 12.4 Å². The standard InChI is InChI=1S/C18H25N3O5/c1-11-6-4-5-7-14(11)19-18(25)20-16(23)10-26-17(24)15-8-13(12(2)22)9-21(15)3/h8-9,11,14H,4-7,10H2,1-3H3,(H2,19,20,23,25)/t11-,14-/m0/s1. The molecule has 1 aliphatic carbocycles. The Hall–Kier alpha value is -2.64. The molecule has 1 fully saturated rings. The molecule has 2 rings (SSSR count). The van der Waals surface area contributed by atoms with Gasteiger partial charge in [0.2, 0.25) is 0 Å². The predicted octanol–water partition coefficient (Wildman–Crippen LogP) is 1.79. The molecule has 1 aromatic rings. The van der Waals surface area contributed by atoms with E-state index in [1.807, 2.05) is 0 Å². The van der Waals surface area contributed by atoms with Crippen LogP contribution >= 0.6 is 0 Å². The van der Waals surface area contributed by atoms with Crippen molar-refractivity contribution in [1.82, 2.24) is 15.2 Å². The van der Waals surface area contributed by atoms with Crippen LogP contribution in [0.3, 0.4) is 0 Å². The highest BCUT2D eigenvalue weighted by molar-refractivity contribution is 5.99. The molecule has 0 aliphatic heterocycles. The van der Waals surface area contributed by atoms with Gasteiger partial charge in [0.25, 0.3) is 5.91 Å². The van der Waals surface area contributed by atoms with E-state index in [-0.39, 0.29) is 17.5 Å². The minimum Gasteiger partial charge on any atom is -0.451 e. The first-order valence-electron chi connectivity index (χ1n) is 8.72. The SMILES string of the molecule is CC(=O)c1cc(C(=O)OCC(=O)NC(=O)N[C@H]2CCCC[C@@H]2C)n(C)c1. The fraction of sp³-hybridized carbons (Fsp3) is 0.556. The summed E-state index contributed by atoms with van der Waals surface area (Å²) in [6.45, 7) is 2.89. The van der Waals surface area contributed by atoms with E-state index in [1.54, 1.807) is 7.05 Å². The number of Topliss-reactive ketones (excluding diaryl/α,β-unsaturated/α-hetero) is 1. The number of nitrogens with one attached hydrogen (secondary N) is 2. The number of hydrogen-bond donors (Lipinski definition) is 2. The van der Waals surface area contributed by atoms with Crippen LogP contribution in [0.25, 0.3) is 0 Å². The molecule has 1 aliphatic rings. The molecule has 8 nitrogen and oxygen atoms in total. The van der Waals surface area contributed by atoms with Gasteiger partial charge >= 0.3 is 12.0 Å². The molecule has 1 aromatic heterocycles. The maximum atomic E-state index is 12.0. The van der Waals surface area contributed by atoms with Gasteiger partial charge in [-0.25, -0.2) is 9.59 Å². The van der Waals surface area contributed by atoms with E-state index in [0.717, 1.165) is 25.7 Å². The second kappa shape index (κ2) is 8.64. The van der Waals surface area contributed by atoms with E-state index in [2.05, 4.69) is 17.6 Å². The summed E-state index contributed by atoms with van der Waals surface area (Å²) >= 11 is 0. The van der Waals surface area contributed by atoms with Crippen molar-refractivity contribution >= 4 is 23.7 Å². The summed E-state index contributed by atoms with van der Waals surface area (Å²) < 4.78 is 6.37. The lowest BCUT2D eigenvalue weighted by molar-refractivity contribution is -0.123. The van der Waals surface area contributed by atoms with Gasteiger partial charge in [-0.1, -0.05) is 19.8 Å². The molecule has 0 unspecified atom stereocenters. The van der Waals surface area contributed by atoms with E-state index in [0.29, 0.717) is 11.5 Å². The molecule has 1 saturated carbocycles. The minimum atomic E-state index is -0.739. The number of rotatable bonds is 5. The van der Waals surface area contributed by atoms with Crippen molar-refractivity contribution < 1.29 is 23.9 Å². The van der Waals surface area contributed by atoms with Crippen molar-refractivity contribution in [2.24, 2.45) is 13.0 Å². The highest BCUT2D eigenvalue weighted by Gasteiger charge is 2.23. The van der Waals surface area contributed by atoms with Crippen LogP contribution in [0, 0.1) is 5.92 Å². The molecule has 8 heteroatoms. The lowest BCUT2D eigenvalue weighted by Gasteiger charge is -2.29. The summed E-state index contributed by atoms with van der Waals surface area (Å²) in [4.78, 5) is 47.0. The van der Waals surface area contributed by atoms with E-state index < -0.39 is 24.5 Å². The fourth-order valence-electron chi connectivity index (χ4n) is 3.06. The predicted molar refractivity (Wildman–Crippen MR) is 93.8 cm³/mol. The van der Waals surface area contributed by atoms with Gasteiger partial charge in [-0.3, -0.25) is 14.9 Å². The van der Waals surface area contributed by atoms with Crippen LogP contribution in [0.1, 0.15) is 60.4 Å². The number of esters is 1. The minimum absolute atomic E-state index is 0.0486. The highest BCUT2D eigenvalue weighted by atomic mass is 16.5. The quantitative estimate of drug-likeness (QED) is 0.613. The fourth-order valence-corrected chi connectivity index (χ4v) is 3.06. The molecule has 2 N–H and O–H groups in total. The molecule has 0 bridgehead atoms. The van der Waals surface area contributed by atoms with Crippen molar-refractivity contribution in [3.8, 4) is 0 Å². The van der Waals surface area contributed by atoms with Gasteiger partial charge in [0.05, 0.1) is 0 Å². The first-order chi connectivity index (χ1) is 12.3. The smallest absolute Gasteiger partial charge is 0.355 e. The summed E-state index contributed by atoms with van der Waals surface area (Å²) in [7, 11) is 1.60. The van der Waals surface area contributed by atoms with Gasteiger partial charge in [-0.2, -0.15) is 0 Å². The van der Waals surface area contributed by atoms with Crippen LogP contribution in [-0.4, -0.2) is 40.9 Å². The molecular formula is C18H25N3O5. The lowest BCUT2D eigenvalue weighted by atomic mass is 9.86. The summed E-state index contributed by atoms with van der Waals surface area (Å²) in [6, 6.07) is 0.870. The van der Waals surface area contributed by atoms with Crippen molar-refractivity contribution in [3.05, 3.63) is 23.5 Å². The largest absolute Gasteiger partial charge is 0.451 e. The Morgan fingerprint density at radius 3 is 2.54 bits per heavy atom. The average Bonchev–Trinajstić information content (AvgIpc) is 2.97. The van der Waals surface area contributed by atoms with Crippen LogP contribution in [0.5, 0.6) is 0 Å². The van der Waals surface area contributed by atoms with Gasteiger partial charge < -0.3 is 14.6 Å². The van der Waals surface area contributed by atoms with Gasteiger partial charge in [0.1, 0.15) is 5.69 Å². The van der Waals surface area contributed by atoms with E-state index in [1.165, 1.54) is 23.8 Å². The normalized spacial score (nSPS) is 19.5. The average molecular weight is 363 g/mol. The van der Waals surface area contributed by atoms with Crippen molar-refractivity contribution in [2.75, 3.05) is 6.61 Å². The number of imide groups is 1. The van der Waals surface area contributed by atoms with Crippen LogP contribution in [0.15, 0.2) is 12.3 Å². The molecule has 0 spiro atoms. The molecule has 0 aromatic carbocycles. The van der Waals surface area contributed by atoms with Crippen LogP contribution in [0.2, 0.25) is 0 Å². The Kier molecular flexibility index (Phi) is 6.54. The second-order valence-electron chi connectivity index (χ2n) is 6.75. The zero-order valence-electron chi connectivity index (χ0n) is 15.3. The molecule has 142 valence electrons. The Labute approximate surface area is 152 Å². The first-order valence-corrected chi connectivity index (χ1v) is 8.72. The first kappa shape index (κ1) is 19.7. The molecule has 0 radical (unpaired) electrons. The molecule has 1 heterocycles. The number of carbonyl (C=O) groups excluding carboxylic acids is 4. The molecule has 2 atom stereocenters. The van der Waals surface area contributed by atoms with Gasteiger partial charge in [0, 0.05) is 24.8 Å². The number of ketones is 1. The number of amides is 3. The van der Waals surface area contributed by atoms with Crippen LogP contribution in [-0.2, 0) is 16.6 Å². The number of aromatic nitrogens is 1. The van der Waals surface area contributed by atoms with Gasteiger partial charge in [-0.15, -0.1) is 0 Å². The lowest BCUT2D eigenvalue weighted by Crippen LogP contribution is -2.48. The third kappa shape index (κ3) is 5.18. The summed E-state index contributed by atoms with van der Waals surface area (Å²) in [5.74, 6) is -1.25. The number of ether oxygens (including phenoxy) is 1. The number of aryl methyl sites for hydroxylation is 1. The van der Waals surface area contributed by atoms with E-state index >= 15 is 0 Å². The zero-order chi connectivity index (χ0) is 19.3. The summed E-state index contributed by atoms with van der Waals surface area (Å²) in [6.07, 6.45) is 5.66. The maximum Gasteiger partial charge on any atom is 0.355 e. The Balaban J connectivity index is 1.79. The highest BCUT2D eigenvalue weighted by Crippen LogP contribution is 2.23. The molecule has 3 amide bonds. The molecule has 0 saturated heterocycles. The Bertz CT molecular complexity index is 710. The number of carbonyl (C=O) groups is 4. The van der Waals surface area contributed by atoms with Crippen molar-refractivity contribution in [1.29, 1.82) is 0 Å². The number of urea groups is 1. The van der Waals surface area contributed by atoms with Crippen molar-refractivity contribution in [3.63, 3.8) is 0 Å². The van der Waals surface area contributed by atoms with Gasteiger partial charge in [-0.05, 0) is 31.7 Å². The topological polar surface area (TPSA) is 106 Å². The third-order valence-corrected chi connectivity index (χ3v) is 4.64. The summed E-state index contributed by atoms with van der Waals surface area (Å²) in [5.41, 5.74) is 0.536. The second-order valence-corrected chi connectivity index (χ2v) is 6.75.